The monoisotopic (exact) mass is 275 g/mol. The number of nitrogens with zero attached hydrogens (tertiary/aromatic N) is 2. The Bertz CT molecular complexity index is 418. The molecule has 0 aromatic carbocycles. The molecule has 2 aliphatic carbocycles. The number of hydrogen-bond donors (Lipinski definition) is 1. The Labute approximate surface area is 123 Å². The summed E-state index contributed by atoms with van der Waals surface area (Å²) in [6.07, 6.45) is 15.0. The molecule has 3 rings (SSSR count). The lowest BCUT2D eigenvalue weighted by Crippen LogP contribution is -2.36. The summed E-state index contributed by atoms with van der Waals surface area (Å²) in [5.74, 6) is 2.69. The predicted octanol–water partition coefficient (Wildman–Crippen LogP) is 4.62. The van der Waals surface area contributed by atoms with Crippen LogP contribution in [-0.4, -0.2) is 15.6 Å². The average molecular weight is 275 g/mol. The molecular weight excluding hydrogens is 246 g/mol. The second-order valence-electron chi connectivity index (χ2n) is 7.04. The lowest BCUT2D eigenvalue weighted by molar-refractivity contribution is 0.252. The molecule has 1 N–H and O–H groups in total. The fourth-order valence-corrected chi connectivity index (χ4v) is 4.20. The minimum absolute atomic E-state index is 0.617. The van der Waals surface area contributed by atoms with Gasteiger partial charge in [-0.25, -0.2) is 4.98 Å². The zero-order valence-electron chi connectivity index (χ0n) is 13.0. The normalized spacial score (nSPS) is 28.1. The topological polar surface area (TPSA) is 29.9 Å². The Kier molecular flexibility index (Phi) is 4.32. The van der Waals surface area contributed by atoms with Crippen molar-refractivity contribution >= 4 is 5.95 Å². The molecule has 0 spiro atoms. The number of anilines is 1. The maximum Gasteiger partial charge on any atom is 0.203 e. The molecule has 2 aliphatic rings. The summed E-state index contributed by atoms with van der Waals surface area (Å²) in [5.41, 5.74) is 0. The number of imidazole rings is 1. The van der Waals surface area contributed by atoms with E-state index in [9.17, 15) is 0 Å². The van der Waals surface area contributed by atoms with Gasteiger partial charge in [0.2, 0.25) is 5.95 Å². The lowest BCUT2D eigenvalue weighted by Gasteiger charge is -2.35. The van der Waals surface area contributed by atoms with Crippen LogP contribution in [0.1, 0.15) is 71.3 Å². The van der Waals surface area contributed by atoms with E-state index in [4.69, 9.17) is 0 Å². The molecule has 2 fully saturated rings. The van der Waals surface area contributed by atoms with Crippen molar-refractivity contribution in [1.82, 2.24) is 9.55 Å². The van der Waals surface area contributed by atoms with Crippen LogP contribution in [0.2, 0.25) is 0 Å². The van der Waals surface area contributed by atoms with E-state index in [1.165, 1.54) is 51.4 Å². The lowest BCUT2D eigenvalue weighted by atomic mass is 9.78. The van der Waals surface area contributed by atoms with Crippen LogP contribution in [0.25, 0.3) is 0 Å². The van der Waals surface area contributed by atoms with Gasteiger partial charge in [0.15, 0.2) is 0 Å². The van der Waals surface area contributed by atoms with Gasteiger partial charge in [0.1, 0.15) is 0 Å². The van der Waals surface area contributed by atoms with Gasteiger partial charge in [-0.15, -0.1) is 0 Å². The molecule has 0 bridgehead atoms. The highest BCUT2D eigenvalue weighted by atomic mass is 15.2. The van der Waals surface area contributed by atoms with E-state index >= 15 is 0 Å². The van der Waals surface area contributed by atoms with Gasteiger partial charge in [-0.1, -0.05) is 39.5 Å². The first-order chi connectivity index (χ1) is 9.75. The summed E-state index contributed by atoms with van der Waals surface area (Å²) in [5, 5.41) is 3.79. The zero-order chi connectivity index (χ0) is 13.9. The molecule has 112 valence electrons. The molecule has 3 nitrogen and oxygen atoms in total. The highest BCUT2D eigenvalue weighted by Crippen LogP contribution is 2.35. The molecule has 1 heterocycles. The molecule has 0 radical (unpaired) electrons. The third-order valence-corrected chi connectivity index (χ3v) is 5.38. The fourth-order valence-electron chi connectivity index (χ4n) is 4.20. The number of rotatable bonds is 4. The summed E-state index contributed by atoms with van der Waals surface area (Å²) < 4.78 is 2.40. The molecular formula is C17H29N3. The molecule has 0 aliphatic heterocycles. The maximum atomic E-state index is 4.60. The van der Waals surface area contributed by atoms with E-state index in [1.54, 1.807) is 0 Å². The summed E-state index contributed by atoms with van der Waals surface area (Å²) in [7, 11) is 0. The van der Waals surface area contributed by atoms with Crippen LogP contribution >= 0.6 is 0 Å². The Morgan fingerprint density at radius 3 is 2.55 bits per heavy atom. The molecule has 20 heavy (non-hydrogen) atoms. The van der Waals surface area contributed by atoms with Crippen molar-refractivity contribution < 1.29 is 0 Å². The summed E-state index contributed by atoms with van der Waals surface area (Å²) >= 11 is 0. The van der Waals surface area contributed by atoms with Gasteiger partial charge < -0.3 is 9.88 Å². The average Bonchev–Trinajstić information content (AvgIpc) is 3.09. The minimum atomic E-state index is 0.617. The second kappa shape index (κ2) is 6.19. The van der Waals surface area contributed by atoms with Crippen LogP contribution < -0.4 is 5.32 Å². The van der Waals surface area contributed by atoms with Gasteiger partial charge in [0.05, 0.1) is 0 Å². The van der Waals surface area contributed by atoms with Crippen molar-refractivity contribution in [3.05, 3.63) is 12.4 Å². The van der Waals surface area contributed by atoms with Crippen LogP contribution in [0.15, 0.2) is 12.4 Å². The van der Waals surface area contributed by atoms with Crippen molar-refractivity contribution in [2.75, 3.05) is 5.32 Å². The Hall–Kier alpha value is -0.990. The Balaban J connectivity index is 1.71. The molecule has 2 saturated carbocycles. The first-order valence-corrected chi connectivity index (χ1v) is 8.55. The minimum Gasteiger partial charge on any atom is -0.353 e. The van der Waals surface area contributed by atoms with Gasteiger partial charge in [0, 0.05) is 24.5 Å². The van der Waals surface area contributed by atoms with Gasteiger partial charge in [-0.3, -0.25) is 0 Å². The van der Waals surface area contributed by atoms with Crippen LogP contribution in [0.5, 0.6) is 0 Å². The maximum absolute atomic E-state index is 4.60. The van der Waals surface area contributed by atoms with E-state index in [2.05, 4.69) is 34.9 Å². The number of nitrogens with one attached hydrogen (secondary N) is 1. The van der Waals surface area contributed by atoms with Crippen LogP contribution in [0.3, 0.4) is 0 Å². The van der Waals surface area contributed by atoms with Crippen molar-refractivity contribution in [1.29, 1.82) is 0 Å². The molecule has 2 unspecified atom stereocenters. The first-order valence-electron chi connectivity index (χ1n) is 8.55. The molecule has 1 aromatic rings. The molecule has 0 amide bonds. The Morgan fingerprint density at radius 1 is 1.10 bits per heavy atom. The van der Waals surface area contributed by atoms with Crippen LogP contribution in [0, 0.1) is 11.8 Å². The molecule has 0 saturated heterocycles. The third-order valence-electron chi connectivity index (χ3n) is 5.38. The van der Waals surface area contributed by atoms with Gasteiger partial charge in [-0.2, -0.15) is 0 Å². The highest BCUT2D eigenvalue weighted by molar-refractivity contribution is 5.29. The smallest absolute Gasteiger partial charge is 0.203 e. The van der Waals surface area contributed by atoms with E-state index in [1.807, 2.05) is 6.20 Å². The summed E-state index contributed by atoms with van der Waals surface area (Å²) in [6.45, 7) is 4.74. The van der Waals surface area contributed by atoms with Gasteiger partial charge in [0.25, 0.3) is 0 Å². The summed E-state index contributed by atoms with van der Waals surface area (Å²) in [4.78, 5) is 4.60. The number of hydrogen-bond acceptors (Lipinski definition) is 2. The van der Waals surface area contributed by atoms with E-state index < -0.39 is 0 Å². The fraction of sp³-hybridized carbons (Fsp3) is 0.824. The van der Waals surface area contributed by atoms with Gasteiger partial charge >= 0.3 is 0 Å². The van der Waals surface area contributed by atoms with Crippen molar-refractivity contribution in [2.24, 2.45) is 11.8 Å². The van der Waals surface area contributed by atoms with Crippen molar-refractivity contribution in [3.8, 4) is 0 Å². The molecule has 2 atom stereocenters. The SMILES string of the molecule is CC(C)C1CCCCC1Nc1nccn1C1CCCC1. The van der Waals surface area contributed by atoms with Crippen molar-refractivity contribution in [2.45, 2.75) is 77.3 Å². The predicted molar refractivity (Wildman–Crippen MR) is 83.9 cm³/mol. The van der Waals surface area contributed by atoms with Crippen LogP contribution in [-0.2, 0) is 0 Å². The second-order valence-corrected chi connectivity index (χ2v) is 7.04. The van der Waals surface area contributed by atoms with E-state index in [0.717, 1.165) is 17.8 Å². The Morgan fingerprint density at radius 2 is 1.80 bits per heavy atom. The molecule has 3 heteroatoms. The quantitative estimate of drug-likeness (QED) is 0.868. The number of aromatic nitrogens is 2. The molecule has 1 aromatic heterocycles. The standard InChI is InChI=1S/C17H29N3/c1-13(2)15-9-5-6-10-16(15)19-17-18-11-12-20(17)14-7-3-4-8-14/h11-16H,3-10H2,1-2H3,(H,18,19). The zero-order valence-corrected chi connectivity index (χ0v) is 13.0. The highest BCUT2D eigenvalue weighted by Gasteiger charge is 2.29. The van der Waals surface area contributed by atoms with Gasteiger partial charge in [-0.05, 0) is 37.5 Å². The third kappa shape index (κ3) is 2.87. The first kappa shape index (κ1) is 14.0. The summed E-state index contributed by atoms with van der Waals surface area (Å²) in [6, 6.07) is 1.30. The van der Waals surface area contributed by atoms with Crippen LogP contribution in [0.4, 0.5) is 5.95 Å². The van der Waals surface area contributed by atoms with Crippen molar-refractivity contribution in [3.63, 3.8) is 0 Å². The van der Waals surface area contributed by atoms with E-state index in [0.29, 0.717) is 12.1 Å². The largest absolute Gasteiger partial charge is 0.353 e. The van der Waals surface area contributed by atoms with E-state index in [-0.39, 0.29) is 0 Å².